The topological polar surface area (TPSA) is 44.2 Å². The SMILES string of the molecule is COc1nc(OCCC2CCC2)ncc1Br. The summed E-state index contributed by atoms with van der Waals surface area (Å²) in [7, 11) is 1.57. The van der Waals surface area contributed by atoms with E-state index in [1.807, 2.05) is 0 Å². The molecule has 1 heterocycles. The van der Waals surface area contributed by atoms with Crippen molar-refractivity contribution in [2.75, 3.05) is 13.7 Å². The Balaban J connectivity index is 1.83. The molecule has 1 aliphatic rings. The summed E-state index contributed by atoms with van der Waals surface area (Å²) in [6.45, 7) is 0.690. The van der Waals surface area contributed by atoms with Crippen LogP contribution in [-0.2, 0) is 0 Å². The first-order valence-corrected chi connectivity index (χ1v) is 6.28. The Kier molecular flexibility index (Phi) is 3.98. The van der Waals surface area contributed by atoms with E-state index in [0.717, 1.165) is 16.8 Å². The molecule has 0 radical (unpaired) electrons. The van der Waals surface area contributed by atoms with Gasteiger partial charge in [0, 0.05) is 0 Å². The Hall–Kier alpha value is -0.840. The fraction of sp³-hybridized carbons (Fsp3) is 0.636. The van der Waals surface area contributed by atoms with Gasteiger partial charge in [-0.15, -0.1) is 0 Å². The van der Waals surface area contributed by atoms with Gasteiger partial charge in [-0.05, 0) is 28.3 Å². The number of ether oxygens (including phenoxy) is 2. The molecule has 1 aromatic heterocycles. The van der Waals surface area contributed by atoms with E-state index < -0.39 is 0 Å². The molecule has 1 saturated carbocycles. The molecule has 5 heteroatoms. The average molecular weight is 287 g/mol. The zero-order chi connectivity index (χ0) is 11.4. The molecule has 0 atom stereocenters. The minimum atomic E-state index is 0.388. The highest BCUT2D eigenvalue weighted by Crippen LogP contribution is 2.29. The van der Waals surface area contributed by atoms with Crippen LogP contribution in [-0.4, -0.2) is 23.7 Å². The Labute approximate surface area is 104 Å². The van der Waals surface area contributed by atoms with Crippen molar-refractivity contribution in [3.05, 3.63) is 10.7 Å². The first-order valence-electron chi connectivity index (χ1n) is 5.49. The van der Waals surface area contributed by atoms with Gasteiger partial charge >= 0.3 is 6.01 Å². The molecule has 0 amide bonds. The first kappa shape index (κ1) is 11.6. The molecule has 0 N–H and O–H groups in total. The molecular formula is C11H15BrN2O2. The summed E-state index contributed by atoms with van der Waals surface area (Å²) >= 11 is 3.30. The van der Waals surface area contributed by atoms with Crippen LogP contribution in [0.4, 0.5) is 0 Å². The minimum absolute atomic E-state index is 0.388. The van der Waals surface area contributed by atoms with Crippen LogP contribution in [0.1, 0.15) is 25.7 Å². The lowest BCUT2D eigenvalue weighted by atomic mass is 9.83. The van der Waals surface area contributed by atoms with Crippen molar-refractivity contribution >= 4 is 15.9 Å². The van der Waals surface area contributed by atoms with Crippen molar-refractivity contribution in [2.45, 2.75) is 25.7 Å². The van der Waals surface area contributed by atoms with E-state index in [0.29, 0.717) is 18.5 Å². The van der Waals surface area contributed by atoms with E-state index in [4.69, 9.17) is 9.47 Å². The van der Waals surface area contributed by atoms with Crippen molar-refractivity contribution in [3.63, 3.8) is 0 Å². The summed E-state index contributed by atoms with van der Waals surface area (Å²) in [6, 6.07) is 0.388. The van der Waals surface area contributed by atoms with Gasteiger partial charge in [-0.3, -0.25) is 0 Å². The number of hydrogen-bond acceptors (Lipinski definition) is 4. The predicted molar refractivity (Wildman–Crippen MR) is 63.7 cm³/mol. The van der Waals surface area contributed by atoms with Crippen molar-refractivity contribution in [2.24, 2.45) is 5.92 Å². The van der Waals surface area contributed by atoms with Crippen molar-refractivity contribution in [1.29, 1.82) is 0 Å². The molecule has 0 spiro atoms. The summed E-state index contributed by atoms with van der Waals surface area (Å²) < 4.78 is 11.3. The molecule has 0 saturated heterocycles. The maximum atomic E-state index is 5.49. The summed E-state index contributed by atoms with van der Waals surface area (Å²) in [6.07, 6.45) is 6.79. The molecule has 1 aromatic rings. The van der Waals surface area contributed by atoms with Gasteiger partial charge in [0.1, 0.15) is 0 Å². The Morgan fingerprint density at radius 3 is 2.94 bits per heavy atom. The first-order chi connectivity index (χ1) is 7.79. The highest BCUT2D eigenvalue weighted by molar-refractivity contribution is 9.10. The van der Waals surface area contributed by atoms with Gasteiger partial charge < -0.3 is 9.47 Å². The largest absolute Gasteiger partial charge is 0.480 e. The molecular weight excluding hydrogens is 272 g/mol. The van der Waals surface area contributed by atoms with E-state index in [9.17, 15) is 0 Å². The third-order valence-electron chi connectivity index (χ3n) is 2.87. The molecule has 2 rings (SSSR count). The highest BCUT2D eigenvalue weighted by atomic mass is 79.9. The van der Waals surface area contributed by atoms with E-state index >= 15 is 0 Å². The van der Waals surface area contributed by atoms with Gasteiger partial charge in [0.05, 0.1) is 24.4 Å². The van der Waals surface area contributed by atoms with Crippen LogP contribution in [0.5, 0.6) is 11.9 Å². The lowest BCUT2D eigenvalue weighted by Gasteiger charge is -2.24. The normalized spacial score (nSPS) is 15.6. The van der Waals surface area contributed by atoms with Crippen LogP contribution in [0.25, 0.3) is 0 Å². The number of methoxy groups -OCH3 is 1. The van der Waals surface area contributed by atoms with Crippen LogP contribution in [0, 0.1) is 5.92 Å². The third kappa shape index (κ3) is 2.84. The fourth-order valence-corrected chi connectivity index (χ4v) is 2.00. The minimum Gasteiger partial charge on any atom is -0.480 e. The number of rotatable bonds is 5. The predicted octanol–water partition coefficient (Wildman–Crippen LogP) is 2.82. The molecule has 4 nitrogen and oxygen atoms in total. The van der Waals surface area contributed by atoms with Gasteiger partial charge in [0.25, 0.3) is 0 Å². The monoisotopic (exact) mass is 286 g/mol. The smallest absolute Gasteiger partial charge is 0.319 e. The summed E-state index contributed by atoms with van der Waals surface area (Å²) in [5, 5.41) is 0. The summed E-state index contributed by atoms with van der Waals surface area (Å²) in [4.78, 5) is 8.20. The Morgan fingerprint density at radius 2 is 2.31 bits per heavy atom. The van der Waals surface area contributed by atoms with E-state index in [1.165, 1.54) is 19.3 Å². The van der Waals surface area contributed by atoms with Gasteiger partial charge in [-0.1, -0.05) is 19.3 Å². The van der Waals surface area contributed by atoms with Gasteiger partial charge in [-0.25, -0.2) is 4.98 Å². The van der Waals surface area contributed by atoms with Crippen LogP contribution >= 0.6 is 15.9 Å². The maximum absolute atomic E-state index is 5.49. The van der Waals surface area contributed by atoms with Gasteiger partial charge in [0.2, 0.25) is 5.88 Å². The van der Waals surface area contributed by atoms with E-state index in [2.05, 4.69) is 25.9 Å². The summed E-state index contributed by atoms with van der Waals surface area (Å²) in [5.41, 5.74) is 0. The van der Waals surface area contributed by atoms with Crippen LogP contribution in [0.3, 0.4) is 0 Å². The zero-order valence-corrected chi connectivity index (χ0v) is 10.9. The standard InChI is InChI=1S/C11H15BrN2O2/c1-15-10-9(12)7-13-11(14-10)16-6-5-8-3-2-4-8/h7-8H,2-6H2,1H3. The lowest BCUT2D eigenvalue weighted by molar-refractivity contribution is 0.210. The molecule has 0 aliphatic heterocycles. The number of halogens is 1. The molecule has 88 valence electrons. The summed E-state index contributed by atoms with van der Waals surface area (Å²) in [5.74, 6) is 1.35. The number of nitrogens with zero attached hydrogens (tertiary/aromatic N) is 2. The lowest BCUT2D eigenvalue weighted by Crippen LogP contribution is -2.15. The van der Waals surface area contributed by atoms with Crippen molar-refractivity contribution < 1.29 is 9.47 Å². The molecule has 16 heavy (non-hydrogen) atoms. The van der Waals surface area contributed by atoms with Crippen molar-refractivity contribution in [1.82, 2.24) is 9.97 Å². The number of hydrogen-bond donors (Lipinski definition) is 0. The van der Waals surface area contributed by atoms with Crippen LogP contribution in [0.15, 0.2) is 10.7 Å². The zero-order valence-electron chi connectivity index (χ0n) is 9.28. The Bertz CT molecular complexity index is 356. The second-order valence-corrected chi connectivity index (χ2v) is 4.80. The Morgan fingerprint density at radius 1 is 1.50 bits per heavy atom. The molecule has 0 aromatic carbocycles. The molecule has 1 fully saturated rings. The maximum Gasteiger partial charge on any atom is 0.319 e. The van der Waals surface area contributed by atoms with Crippen LogP contribution in [0.2, 0.25) is 0 Å². The van der Waals surface area contributed by atoms with Gasteiger partial charge in [0.15, 0.2) is 0 Å². The van der Waals surface area contributed by atoms with Crippen LogP contribution < -0.4 is 9.47 Å². The second kappa shape index (κ2) is 5.48. The quantitative estimate of drug-likeness (QED) is 0.835. The van der Waals surface area contributed by atoms with E-state index in [1.54, 1.807) is 13.3 Å². The highest BCUT2D eigenvalue weighted by Gasteiger charge is 2.17. The number of aromatic nitrogens is 2. The fourth-order valence-electron chi connectivity index (χ4n) is 1.65. The van der Waals surface area contributed by atoms with E-state index in [-0.39, 0.29) is 0 Å². The third-order valence-corrected chi connectivity index (χ3v) is 3.41. The second-order valence-electron chi connectivity index (χ2n) is 3.94. The average Bonchev–Trinajstić information content (AvgIpc) is 2.24. The molecule has 0 bridgehead atoms. The van der Waals surface area contributed by atoms with Gasteiger partial charge in [-0.2, -0.15) is 4.98 Å². The molecule has 0 unspecified atom stereocenters. The van der Waals surface area contributed by atoms with Crippen molar-refractivity contribution in [3.8, 4) is 11.9 Å². The molecule has 1 aliphatic carbocycles.